The summed E-state index contributed by atoms with van der Waals surface area (Å²) in [6.45, 7) is 0. The number of hydrogen-bond donors (Lipinski definition) is 1. The van der Waals surface area contributed by atoms with Crippen molar-refractivity contribution >= 4 is 33.0 Å². The highest BCUT2D eigenvalue weighted by molar-refractivity contribution is 7.92. The Kier molecular flexibility index (Phi) is 3.11. The van der Waals surface area contributed by atoms with Crippen LogP contribution < -0.4 is 10.0 Å². The molecular formula is C8H10ClFN2O2S. The normalized spacial score (nSPS) is 11.5. The van der Waals surface area contributed by atoms with Gasteiger partial charge in [0.25, 0.3) is 0 Å². The van der Waals surface area contributed by atoms with Crippen molar-refractivity contribution in [3.8, 4) is 0 Å². The fourth-order valence-electron chi connectivity index (χ4n) is 0.974. The van der Waals surface area contributed by atoms with E-state index in [0.29, 0.717) is 0 Å². The molecule has 0 atom stereocenters. The summed E-state index contributed by atoms with van der Waals surface area (Å²) in [6.07, 6.45) is 1.02. The lowest BCUT2D eigenvalue weighted by molar-refractivity contribution is 0.600. The number of nitrogen functional groups attached to an aromatic ring is 1. The SMILES string of the molecule is CN(c1cc(N)c(F)cc1Cl)S(C)(=O)=O. The third kappa shape index (κ3) is 2.51. The first-order valence-corrected chi connectivity index (χ1v) is 6.14. The lowest BCUT2D eigenvalue weighted by Gasteiger charge is -2.18. The standard InChI is InChI=1S/C8H10ClFN2O2S/c1-12(15(2,13)14)8-4-7(11)6(10)3-5(8)9/h3-4H,11H2,1-2H3. The average molecular weight is 253 g/mol. The highest BCUT2D eigenvalue weighted by Gasteiger charge is 2.16. The molecule has 15 heavy (non-hydrogen) atoms. The monoisotopic (exact) mass is 252 g/mol. The van der Waals surface area contributed by atoms with Crippen LogP contribution >= 0.6 is 11.6 Å². The second-order valence-corrected chi connectivity index (χ2v) is 5.48. The minimum atomic E-state index is -3.44. The van der Waals surface area contributed by atoms with E-state index in [4.69, 9.17) is 17.3 Å². The summed E-state index contributed by atoms with van der Waals surface area (Å²) >= 11 is 5.70. The van der Waals surface area contributed by atoms with Gasteiger partial charge in [0.2, 0.25) is 10.0 Å². The van der Waals surface area contributed by atoms with Gasteiger partial charge in [0.05, 0.1) is 22.7 Å². The Bertz CT molecular complexity index is 490. The predicted octanol–water partition coefficient (Wildman–Crippen LogP) is 1.46. The van der Waals surface area contributed by atoms with E-state index in [2.05, 4.69) is 0 Å². The van der Waals surface area contributed by atoms with E-state index in [9.17, 15) is 12.8 Å². The summed E-state index contributed by atoms with van der Waals surface area (Å²) in [6, 6.07) is 2.16. The van der Waals surface area contributed by atoms with E-state index in [1.807, 2.05) is 0 Å². The lowest BCUT2D eigenvalue weighted by Crippen LogP contribution is -2.25. The number of benzene rings is 1. The number of rotatable bonds is 2. The van der Waals surface area contributed by atoms with Crippen molar-refractivity contribution in [2.75, 3.05) is 23.3 Å². The van der Waals surface area contributed by atoms with E-state index in [0.717, 1.165) is 16.6 Å². The van der Waals surface area contributed by atoms with Gasteiger partial charge in [0.1, 0.15) is 5.82 Å². The molecule has 1 rings (SSSR count). The molecule has 0 amide bonds. The highest BCUT2D eigenvalue weighted by Crippen LogP contribution is 2.30. The van der Waals surface area contributed by atoms with Crippen LogP contribution in [0.3, 0.4) is 0 Å². The van der Waals surface area contributed by atoms with Crippen LogP contribution in [-0.2, 0) is 10.0 Å². The van der Waals surface area contributed by atoms with E-state index >= 15 is 0 Å². The van der Waals surface area contributed by atoms with Crippen LogP contribution in [0, 0.1) is 5.82 Å². The Hall–Kier alpha value is -1.01. The van der Waals surface area contributed by atoms with Crippen LogP contribution in [0.1, 0.15) is 0 Å². The van der Waals surface area contributed by atoms with Gasteiger partial charge in [0, 0.05) is 7.05 Å². The number of hydrogen-bond acceptors (Lipinski definition) is 3. The Labute approximate surface area is 92.5 Å². The van der Waals surface area contributed by atoms with E-state index < -0.39 is 15.8 Å². The molecule has 0 aliphatic heterocycles. The van der Waals surface area contributed by atoms with Crippen LogP contribution in [0.25, 0.3) is 0 Å². The number of halogens is 2. The van der Waals surface area contributed by atoms with Crippen molar-refractivity contribution in [3.63, 3.8) is 0 Å². The Morgan fingerprint density at radius 3 is 2.47 bits per heavy atom. The van der Waals surface area contributed by atoms with Gasteiger partial charge in [-0.1, -0.05) is 11.6 Å². The largest absolute Gasteiger partial charge is 0.396 e. The molecule has 1 aromatic rings. The number of nitrogens with two attached hydrogens (primary N) is 1. The highest BCUT2D eigenvalue weighted by atomic mass is 35.5. The molecule has 0 aliphatic rings. The maximum atomic E-state index is 12.9. The maximum Gasteiger partial charge on any atom is 0.232 e. The van der Waals surface area contributed by atoms with Gasteiger partial charge in [-0.25, -0.2) is 12.8 Å². The minimum absolute atomic E-state index is 0.00498. The summed E-state index contributed by atoms with van der Waals surface area (Å²) < 4.78 is 36.3. The molecule has 4 nitrogen and oxygen atoms in total. The van der Waals surface area contributed by atoms with Crippen LogP contribution in [0.4, 0.5) is 15.8 Å². The zero-order valence-electron chi connectivity index (χ0n) is 8.16. The van der Waals surface area contributed by atoms with Crippen LogP contribution in [0.5, 0.6) is 0 Å². The molecule has 0 saturated carbocycles. The molecule has 0 aliphatic carbocycles. The Morgan fingerprint density at radius 1 is 1.47 bits per heavy atom. The van der Waals surface area contributed by atoms with Crippen molar-refractivity contribution in [3.05, 3.63) is 23.0 Å². The second-order valence-electron chi connectivity index (χ2n) is 3.06. The molecule has 1 aromatic carbocycles. The summed E-state index contributed by atoms with van der Waals surface area (Å²) in [5.74, 6) is -0.675. The molecule has 0 bridgehead atoms. The third-order valence-electron chi connectivity index (χ3n) is 1.90. The van der Waals surface area contributed by atoms with Gasteiger partial charge < -0.3 is 5.73 Å². The quantitative estimate of drug-likeness (QED) is 0.811. The van der Waals surface area contributed by atoms with Crippen molar-refractivity contribution in [2.24, 2.45) is 0 Å². The molecule has 0 radical (unpaired) electrons. The molecule has 7 heteroatoms. The zero-order valence-corrected chi connectivity index (χ0v) is 9.73. The van der Waals surface area contributed by atoms with Gasteiger partial charge in [0.15, 0.2) is 0 Å². The molecule has 84 valence electrons. The first-order valence-electron chi connectivity index (χ1n) is 3.92. The number of nitrogens with zero attached hydrogens (tertiary/aromatic N) is 1. The average Bonchev–Trinajstić information content (AvgIpc) is 2.08. The van der Waals surface area contributed by atoms with Crippen molar-refractivity contribution in [2.45, 2.75) is 0 Å². The van der Waals surface area contributed by atoms with Gasteiger partial charge >= 0.3 is 0 Å². The van der Waals surface area contributed by atoms with Gasteiger partial charge in [-0.15, -0.1) is 0 Å². The molecule has 0 spiro atoms. The fraction of sp³-hybridized carbons (Fsp3) is 0.250. The van der Waals surface area contributed by atoms with Crippen LogP contribution in [0.2, 0.25) is 5.02 Å². The van der Waals surface area contributed by atoms with E-state index in [-0.39, 0.29) is 16.4 Å². The molecule has 0 unspecified atom stereocenters. The minimum Gasteiger partial charge on any atom is -0.396 e. The van der Waals surface area contributed by atoms with Crippen molar-refractivity contribution in [1.29, 1.82) is 0 Å². The Balaban J connectivity index is 3.33. The smallest absolute Gasteiger partial charge is 0.232 e. The molecule has 0 fully saturated rings. The number of sulfonamides is 1. The fourth-order valence-corrected chi connectivity index (χ4v) is 1.81. The van der Waals surface area contributed by atoms with Crippen LogP contribution in [-0.4, -0.2) is 21.7 Å². The lowest BCUT2D eigenvalue weighted by atomic mass is 10.2. The molecule has 0 aromatic heterocycles. The summed E-state index contributed by atoms with van der Waals surface area (Å²) in [5, 5.41) is -0.00498. The Morgan fingerprint density at radius 2 is 2.00 bits per heavy atom. The molecule has 0 saturated heterocycles. The number of anilines is 2. The predicted molar refractivity (Wildman–Crippen MR) is 59.1 cm³/mol. The molecule has 0 heterocycles. The molecule has 2 N–H and O–H groups in total. The van der Waals surface area contributed by atoms with Gasteiger partial charge in [-0.2, -0.15) is 0 Å². The summed E-state index contributed by atoms with van der Waals surface area (Å²) in [5.41, 5.74) is 5.32. The topological polar surface area (TPSA) is 63.4 Å². The third-order valence-corrected chi connectivity index (χ3v) is 3.40. The van der Waals surface area contributed by atoms with Gasteiger partial charge in [-0.3, -0.25) is 4.31 Å². The molecular weight excluding hydrogens is 243 g/mol. The van der Waals surface area contributed by atoms with Crippen molar-refractivity contribution < 1.29 is 12.8 Å². The van der Waals surface area contributed by atoms with E-state index in [1.165, 1.54) is 13.1 Å². The summed E-state index contributed by atoms with van der Waals surface area (Å²) in [7, 11) is -2.12. The zero-order chi connectivity index (χ0) is 11.8. The maximum absolute atomic E-state index is 12.9. The van der Waals surface area contributed by atoms with Crippen LogP contribution in [0.15, 0.2) is 12.1 Å². The van der Waals surface area contributed by atoms with Gasteiger partial charge in [-0.05, 0) is 12.1 Å². The second kappa shape index (κ2) is 3.86. The first kappa shape index (κ1) is 12.1. The van der Waals surface area contributed by atoms with Crippen molar-refractivity contribution in [1.82, 2.24) is 0 Å². The first-order chi connectivity index (χ1) is 6.73. The van der Waals surface area contributed by atoms with E-state index in [1.54, 1.807) is 0 Å². The summed E-state index contributed by atoms with van der Waals surface area (Å²) in [4.78, 5) is 0.